The van der Waals surface area contributed by atoms with E-state index in [0.717, 1.165) is 6.54 Å². The molecule has 0 spiro atoms. The molecule has 1 aromatic rings. The molecule has 2 rings (SSSR count). The van der Waals surface area contributed by atoms with Crippen molar-refractivity contribution in [2.75, 3.05) is 19.8 Å². The van der Waals surface area contributed by atoms with Crippen molar-refractivity contribution in [1.29, 1.82) is 0 Å². The Labute approximate surface area is 124 Å². The van der Waals surface area contributed by atoms with Crippen LogP contribution in [-0.2, 0) is 16.1 Å². The number of thiophene rings is 1. The number of nitrogens with zero attached hydrogens (tertiary/aromatic N) is 1. The lowest BCUT2D eigenvalue weighted by Gasteiger charge is -2.39. The average Bonchev–Trinajstić information content (AvgIpc) is 2.91. The van der Waals surface area contributed by atoms with Gasteiger partial charge in [0.25, 0.3) is 0 Å². The summed E-state index contributed by atoms with van der Waals surface area (Å²) in [5, 5.41) is 11.7. The summed E-state index contributed by atoms with van der Waals surface area (Å²) >= 11 is 1.72. The van der Waals surface area contributed by atoms with E-state index in [0.29, 0.717) is 38.6 Å². The van der Waals surface area contributed by atoms with Crippen LogP contribution in [-0.4, -0.2) is 41.8 Å². The van der Waals surface area contributed by atoms with Gasteiger partial charge in [0.05, 0.1) is 5.41 Å². The van der Waals surface area contributed by atoms with Gasteiger partial charge in [-0.05, 0) is 38.1 Å². The second kappa shape index (κ2) is 6.70. The number of carboxylic acids is 1. The van der Waals surface area contributed by atoms with Crippen LogP contribution < -0.4 is 0 Å². The number of aliphatic carboxylic acids is 1. The zero-order valence-corrected chi connectivity index (χ0v) is 13.0. The summed E-state index contributed by atoms with van der Waals surface area (Å²) in [6, 6.07) is 4.48. The van der Waals surface area contributed by atoms with Crippen molar-refractivity contribution in [3.05, 3.63) is 22.4 Å². The van der Waals surface area contributed by atoms with Gasteiger partial charge in [0, 0.05) is 37.2 Å². The van der Waals surface area contributed by atoms with Crippen LogP contribution in [0.15, 0.2) is 17.5 Å². The molecule has 112 valence electrons. The van der Waals surface area contributed by atoms with Crippen molar-refractivity contribution in [3.63, 3.8) is 0 Å². The Morgan fingerprint density at radius 3 is 2.70 bits per heavy atom. The van der Waals surface area contributed by atoms with E-state index in [2.05, 4.69) is 30.2 Å². The van der Waals surface area contributed by atoms with E-state index in [1.807, 2.05) is 6.07 Å². The molecule has 4 nitrogen and oxygen atoms in total. The Kier molecular flexibility index (Phi) is 5.18. The van der Waals surface area contributed by atoms with E-state index in [9.17, 15) is 9.90 Å². The van der Waals surface area contributed by atoms with Gasteiger partial charge >= 0.3 is 5.97 Å². The van der Waals surface area contributed by atoms with Crippen LogP contribution in [0.3, 0.4) is 0 Å². The summed E-state index contributed by atoms with van der Waals surface area (Å²) in [7, 11) is 0. The highest BCUT2D eigenvalue weighted by Crippen LogP contribution is 2.33. The Hall–Kier alpha value is -0.910. The normalized spacial score (nSPS) is 18.6. The molecule has 0 aromatic carbocycles. The molecule has 0 saturated carbocycles. The first-order valence-electron chi connectivity index (χ1n) is 7.11. The standard InChI is InChI=1S/C15H23NO3S/c1-12(2)16(10-13-4-3-9-20-13)11-15(14(17)18)5-7-19-8-6-15/h3-4,9,12H,5-8,10-11H2,1-2H3,(H,17,18). The third-order valence-corrected chi connectivity index (χ3v) is 4.94. The average molecular weight is 297 g/mol. The summed E-state index contributed by atoms with van der Waals surface area (Å²) < 4.78 is 5.34. The number of ether oxygens (including phenoxy) is 1. The van der Waals surface area contributed by atoms with Gasteiger partial charge < -0.3 is 9.84 Å². The molecular weight excluding hydrogens is 274 g/mol. The fourth-order valence-corrected chi connectivity index (χ4v) is 3.34. The van der Waals surface area contributed by atoms with E-state index in [1.165, 1.54) is 4.88 Å². The largest absolute Gasteiger partial charge is 0.481 e. The van der Waals surface area contributed by atoms with Gasteiger partial charge in [0.1, 0.15) is 0 Å². The molecule has 0 atom stereocenters. The van der Waals surface area contributed by atoms with E-state index in [1.54, 1.807) is 11.3 Å². The fraction of sp³-hybridized carbons (Fsp3) is 0.667. The van der Waals surface area contributed by atoms with Crippen molar-refractivity contribution in [1.82, 2.24) is 4.90 Å². The number of hydrogen-bond acceptors (Lipinski definition) is 4. The second-order valence-electron chi connectivity index (χ2n) is 5.78. The van der Waals surface area contributed by atoms with Crippen LogP contribution in [0.4, 0.5) is 0 Å². The lowest BCUT2D eigenvalue weighted by molar-refractivity contribution is -0.157. The van der Waals surface area contributed by atoms with Gasteiger partial charge in [0.2, 0.25) is 0 Å². The number of hydrogen-bond donors (Lipinski definition) is 1. The molecule has 0 unspecified atom stereocenters. The first-order chi connectivity index (χ1) is 9.53. The smallest absolute Gasteiger partial charge is 0.311 e. The van der Waals surface area contributed by atoms with Crippen LogP contribution in [0, 0.1) is 5.41 Å². The third kappa shape index (κ3) is 3.59. The summed E-state index contributed by atoms with van der Waals surface area (Å²) in [4.78, 5) is 15.3. The van der Waals surface area contributed by atoms with Gasteiger partial charge in [-0.25, -0.2) is 0 Å². The molecule has 1 aromatic heterocycles. The molecule has 1 aliphatic rings. The number of rotatable bonds is 6. The van der Waals surface area contributed by atoms with E-state index < -0.39 is 11.4 Å². The number of carbonyl (C=O) groups is 1. The van der Waals surface area contributed by atoms with E-state index in [-0.39, 0.29) is 0 Å². The van der Waals surface area contributed by atoms with E-state index >= 15 is 0 Å². The molecule has 5 heteroatoms. The monoisotopic (exact) mass is 297 g/mol. The molecule has 1 N–H and O–H groups in total. The van der Waals surface area contributed by atoms with Gasteiger partial charge in [-0.15, -0.1) is 11.3 Å². The topological polar surface area (TPSA) is 49.8 Å². The highest BCUT2D eigenvalue weighted by Gasteiger charge is 2.42. The molecule has 1 fully saturated rings. The maximum Gasteiger partial charge on any atom is 0.311 e. The molecule has 0 bridgehead atoms. The van der Waals surface area contributed by atoms with Crippen LogP contribution in [0.25, 0.3) is 0 Å². The lowest BCUT2D eigenvalue weighted by Crippen LogP contribution is -2.48. The minimum atomic E-state index is -0.683. The van der Waals surface area contributed by atoms with Crippen molar-refractivity contribution in [3.8, 4) is 0 Å². The van der Waals surface area contributed by atoms with Crippen molar-refractivity contribution in [2.45, 2.75) is 39.3 Å². The quantitative estimate of drug-likeness (QED) is 0.877. The molecule has 2 heterocycles. The minimum Gasteiger partial charge on any atom is -0.481 e. The summed E-state index contributed by atoms with van der Waals surface area (Å²) in [6.07, 6.45) is 1.21. The maximum atomic E-state index is 11.8. The lowest BCUT2D eigenvalue weighted by atomic mass is 9.79. The Balaban J connectivity index is 2.10. The first kappa shape index (κ1) is 15.5. The molecule has 0 amide bonds. The Bertz CT molecular complexity index is 424. The van der Waals surface area contributed by atoms with Crippen LogP contribution in [0.1, 0.15) is 31.6 Å². The predicted molar refractivity (Wildman–Crippen MR) is 80.0 cm³/mol. The van der Waals surface area contributed by atoms with Crippen molar-refractivity contribution < 1.29 is 14.6 Å². The highest BCUT2D eigenvalue weighted by atomic mass is 32.1. The first-order valence-corrected chi connectivity index (χ1v) is 7.99. The van der Waals surface area contributed by atoms with Crippen molar-refractivity contribution in [2.24, 2.45) is 5.41 Å². The molecule has 20 heavy (non-hydrogen) atoms. The zero-order chi connectivity index (χ0) is 14.6. The fourth-order valence-electron chi connectivity index (χ4n) is 2.61. The Morgan fingerprint density at radius 1 is 1.50 bits per heavy atom. The van der Waals surface area contributed by atoms with Crippen LogP contribution in [0.5, 0.6) is 0 Å². The highest BCUT2D eigenvalue weighted by molar-refractivity contribution is 7.09. The van der Waals surface area contributed by atoms with Gasteiger partial charge in [-0.1, -0.05) is 6.07 Å². The SMILES string of the molecule is CC(C)N(Cc1cccs1)CC1(C(=O)O)CCOCC1. The molecular formula is C15H23NO3S. The van der Waals surface area contributed by atoms with Gasteiger partial charge in [0.15, 0.2) is 0 Å². The maximum absolute atomic E-state index is 11.8. The summed E-state index contributed by atoms with van der Waals surface area (Å²) in [5.74, 6) is -0.683. The number of carboxylic acid groups (broad SMARTS) is 1. The van der Waals surface area contributed by atoms with Crippen molar-refractivity contribution >= 4 is 17.3 Å². The minimum absolute atomic E-state index is 0.330. The zero-order valence-electron chi connectivity index (χ0n) is 12.2. The second-order valence-corrected chi connectivity index (χ2v) is 6.81. The summed E-state index contributed by atoms with van der Waals surface area (Å²) in [6.45, 7) is 6.78. The third-order valence-electron chi connectivity index (χ3n) is 4.08. The molecule has 1 saturated heterocycles. The molecule has 1 aliphatic heterocycles. The summed E-state index contributed by atoms with van der Waals surface area (Å²) in [5.41, 5.74) is -0.653. The van der Waals surface area contributed by atoms with Crippen LogP contribution >= 0.6 is 11.3 Å². The molecule has 0 radical (unpaired) electrons. The molecule has 0 aliphatic carbocycles. The predicted octanol–water partition coefficient (Wildman–Crippen LogP) is 2.84. The van der Waals surface area contributed by atoms with Gasteiger partial charge in [-0.2, -0.15) is 0 Å². The van der Waals surface area contributed by atoms with Gasteiger partial charge in [-0.3, -0.25) is 9.69 Å². The van der Waals surface area contributed by atoms with Crippen LogP contribution in [0.2, 0.25) is 0 Å². The van der Waals surface area contributed by atoms with E-state index in [4.69, 9.17) is 4.74 Å². The Morgan fingerprint density at radius 2 is 2.20 bits per heavy atom.